The minimum absolute atomic E-state index is 0.146. The molecule has 9 heteroatoms. The Bertz CT molecular complexity index is 1150. The molecule has 8 nitrogen and oxygen atoms in total. The third kappa shape index (κ3) is 4.38. The van der Waals surface area contributed by atoms with E-state index < -0.39 is 6.09 Å². The zero-order chi connectivity index (χ0) is 22.1. The van der Waals surface area contributed by atoms with Crippen LogP contribution in [0.2, 0.25) is 0 Å². The molecule has 1 aromatic carbocycles. The lowest BCUT2D eigenvalue weighted by atomic mass is 9.99. The fourth-order valence-electron chi connectivity index (χ4n) is 4.15. The van der Waals surface area contributed by atoms with E-state index in [-0.39, 0.29) is 6.10 Å². The van der Waals surface area contributed by atoms with E-state index >= 15 is 0 Å². The number of aromatic nitrogens is 3. The lowest BCUT2D eigenvalue weighted by Gasteiger charge is -2.32. The summed E-state index contributed by atoms with van der Waals surface area (Å²) in [5.74, 6) is 0.921. The van der Waals surface area contributed by atoms with Crippen molar-refractivity contribution in [3.05, 3.63) is 47.9 Å². The predicted octanol–water partition coefficient (Wildman–Crippen LogP) is 4.21. The minimum atomic E-state index is -0.863. The van der Waals surface area contributed by atoms with Gasteiger partial charge in [-0.3, -0.25) is 4.98 Å². The number of ether oxygens (including phenoxy) is 1. The number of piperidine rings is 1. The first kappa shape index (κ1) is 20.7. The van der Waals surface area contributed by atoms with Crippen LogP contribution >= 0.6 is 11.3 Å². The SMILES string of the molecule is Cc1cnc(N2CCC(Oc3nc4ccc(C5=CCN(C(=O)O)CC5)cc4s3)CC2)cn1. The van der Waals surface area contributed by atoms with Gasteiger partial charge in [-0.2, -0.15) is 0 Å². The molecule has 166 valence electrons. The van der Waals surface area contributed by atoms with Crippen LogP contribution in [-0.2, 0) is 0 Å². The van der Waals surface area contributed by atoms with E-state index in [4.69, 9.17) is 9.84 Å². The molecule has 0 spiro atoms. The zero-order valence-corrected chi connectivity index (χ0v) is 18.7. The molecule has 0 aliphatic carbocycles. The van der Waals surface area contributed by atoms with Crippen molar-refractivity contribution in [3.63, 3.8) is 0 Å². The molecule has 0 unspecified atom stereocenters. The molecule has 2 aliphatic heterocycles. The van der Waals surface area contributed by atoms with Crippen LogP contribution in [0.4, 0.5) is 10.6 Å². The minimum Gasteiger partial charge on any atom is -0.467 e. The molecule has 4 heterocycles. The van der Waals surface area contributed by atoms with Crippen LogP contribution in [0.15, 0.2) is 36.7 Å². The average molecular weight is 452 g/mol. The number of anilines is 1. The number of hydrogen-bond donors (Lipinski definition) is 1. The van der Waals surface area contributed by atoms with Crippen molar-refractivity contribution in [2.75, 3.05) is 31.1 Å². The van der Waals surface area contributed by atoms with E-state index in [2.05, 4.69) is 32.0 Å². The summed E-state index contributed by atoms with van der Waals surface area (Å²) in [6.07, 6.45) is 7.49. The zero-order valence-electron chi connectivity index (χ0n) is 17.9. The van der Waals surface area contributed by atoms with Gasteiger partial charge in [-0.1, -0.05) is 23.5 Å². The van der Waals surface area contributed by atoms with Gasteiger partial charge in [-0.25, -0.2) is 14.8 Å². The molecular formula is C23H25N5O3S. The summed E-state index contributed by atoms with van der Waals surface area (Å²) in [6.45, 7) is 4.68. The monoisotopic (exact) mass is 451 g/mol. The molecule has 0 bridgehead atoms. The van der Waals surface area contributed by atoms with Crippen LogP contribution in [0.5, 0.6) is 5.19 Å². The van der Waals surface area contributed by atoms with E-state index in [0.717, 1.165) is 59.6 Å². The smallest absolute Gasteiger partial charge is 0.407 e. The summed E-state index contributed by atoms with van der Waals surface area (Å²) >= 11 is 1.57. The van der Waals surface area contributed by atoms with E-state index in [1.807, 2.05) is 25.3 Å². The van der Waals surface area contributed by atoms with Crippen molar-refractivity contribution in [3.8, 4) is 5.19 Å². The van der Waals surface area contributed by atoms with Gasteiger partial charge in [0.15, 0.2) is 0 Å². The van der Waals surface area contributed by atoms with Crippen LogP contribution in [-0.4, -0.2) is 63.3 Å². The van der Waals surface area contributed by atoms with Crippen molar-refractivity contribution >= 4 is 39.0 Å². The third-order valence-corrected chi connectivity index (χ3v) is 6.93. The number of nitrogens with zero attached hydrogens (tertiary/aromatic N) is 5. The van der Waals surface area contributed by atoms with Gasteiger partial charge in [0, 0.05) is 39.0 Å². The molecule has 3 aromatic rings. The first-order chi connectivity index (χ1) is 15.5. The summed E-state index contributed by atoms with van der Waals surface area (Å²) in [6, 6.07) is 6.23. The molecule has 5 rings (SSSR count). The maximum absolute atomic E-state index is 11.1. The normalized spacial score (nSPS) is 17.5. The average Bonchev–Trinajstić information content (AvgIpc) is 3.21. The standard InChI is InChI=1S/C23H25N5O3S/c1-15-13-25-21(14-24-15)27-10-6-18(7-11-27)31-22-26-19-3-2-17(12-20(19)32-22)16-4-8-28(9-5-16)23(29)30/h2-4,12-14,18H,5-11H2,1H3,(H,29,30). The van der Waals surface area contributed by atoms with Crippen LogP contribution in [0.3, 0.4) is 0 Å². The Balaban J connectivity index is 1.22. The second-order valence-electron chi connectivity index (χ2n) is 8.19. The van der Waals surface area contributed by atoms with Crippen LogP contribution < -0.4 is 9.64 Å². The predicted molar refractivity (Wildman–Crippen MR) is 124 cm³/mol. The Hall–Kier alpha value is -3.20. The first-order valence-electron chi connectivity index (χ1n) is 10.8. The topological polar surface area (TPSA) is 91.7 Å². The number of fused-ring (bicyclic) bond motifs is 1. The molecule has 1 saturated heterocycles. The van der Waals surface area contributed by atoms with Gasteiger partial charge in [-0.15, -0.1) is 0 Å². The Labute approximate surface area is 190 Å². The molecule has 0 radical (unpaired) electrons. The highest BCUT2D eigenvalue weighted by molar-refractivity contribution is 7.20. The number of aryl methyl sites for hydroxylation is 1. The molecule has 1 fully saturated rings. The molecule has 2 aromatic heterocycles. The molecule has 1 N–H and O–H groups in total. The number of benzene rings is 1. The molecule has 2 aliphatic rings. The fraction of sp³-hybridized carbons (Fsp3) is 0.391. The Morgan fingerprint density at radius 3 is 2.72 bits per heavy atom. The summed E-state index contributed by atoms with van der Waals surface area (Å²) in [5, 5.41) is 9.83. The van der Waals surface area contributed by atoms with Gasteiger partial charge in [0.25, 0.3) is 5.19 Å². The van der Waals surface area contributed by atoms with Crippen LogP contribution in [0.25, 0.3) is 15.8 Å². The lowest BCUT2D eigenvalue weighted by Crippen LogP contribution is -2.38. The number of rotatable bonds is 4. The van der Waals surface area contributed by atoms with Crippen molar-refractivity contribution in [1.82, 2.24) is 19.9 Å². The highest BCUT2D eigenvalue weighted by Gasteiger charge is 2.23. The van der Waals surface area contributed by atoms with Crippen molar-refractivity contribution in [2.45, 2.75) is 32.3 Å². The van der Waals surface area contributed by atoms with Gasteiger partial charge in [0.2, 0.25) is 0 Å². The highest BCUT2D eigenvalue weighted by atomic mass is 32.1. The van der Waals surface area contributed by atoms with E-state index in [1.54, 1.807) is 17.5 Å². The Morgan fingerprint density at radius 1 is 1.19 bits per heavy atom. The Morgan fingerprint density at radius 2 is 2.03 bits per heavy atom. The quantitative estimate of drug-likeness (QED) is 0.635. The first-order valence-corrected chi connectivity index (χ1v) is 11.6. The summed E-state index contributed by atoms with van der Waals surface area (Å²) in [7, 11) is 0. The maximum Gasteiger partial charge on any atom is 0.407 e. The summed E-state index contributed by atoms with van der Waals surface area (Å²) in [5.41, 5.74) is 4.18. The number of hydrogen-bond acceptors (Lipinski definition) is 7. The number of amides is 1. The van der Waals surface area contributed by atoms with Crippen molar-refractivity contribution < 1.29 is 14.6 Å². The van der Waals surface area contributed by atoms with E-state index in [9.17, 15) is 4.79 Å². The maximum atomic E-state index is 11.1. The number of thiazole rings is 1. The van der Waals surface area contributed by atoms with Crippen LogP contribution in [0.1, 0.15) is 30.5 Å². The summed E-state index contributed by atoms with van der Waals surface area (Å²) in [4.78, 5) is 28.3. The Kier molecular flexibility index (Phi) is 5.65. The van der Waals surface area contributed by atoms with Gasteiger partial charge in [0.05, 0.1) is 28.3 Å². The molecule has 0 saturated carbocycles. The van der Waals surface area contributed by atoms with Gasteiger partial charge >= 0.3 is 6.09 Å². The second-order valence-corrected chi connectivity index (χ2v) is 9.18. The van der Waals surface area contributed by atoms with Crippen molar-refractivity contribution in [1.29, 1.82) is 0 Å². The number of carboxylic acid groups (broad SMARTS) is 1. The third-order valence-electron chi connectivity index (χ3n) is 6.02. The van der Waals surface area contributed by atoms with Gasteiger partial charge in [0.1, 0.15) is 11.9 Å². The van der Waals surface area contributed by atoms with Crippen molar-refractivity contribution in [2.24, 2.45) is 0 Å². The van der Waals surface area contributed by atoms with Gasteiger partial charge < -0.3 is 19.6 Å². The molecule has 0 atom stereocenters. The lowest BCUT2D eigenvalue weighted by molar-refractivity contribution is 0.150. The molecule has 32 heavy (non-hydrogen) atoms. The van der Waals surface area contributed by atoms with E-state index in [1.165, 1.54) is 10.5 Å². The highest BCUT2D eigenvalue weighted by Crippen LogP contribution is 2.33. The number of carbonyl (C=O) groups is 1. The second kappa shape index (κ2) is 8.74. The van der Waals surface area contributed by atoms with Gasteiger partial charge in [-0.05, 0) is 36.6 Å². The summed E-state index contributed by atoms with van der Waals surface area (Å²) < 4.78 is 7.32. The largest absolute Gasteiger partial charge is 0.467 e. The molecule has 1 amide bonds. The molecular weight excluding hydrogens is 426 g/mol. The van der Waals surface area contributed by atoms with E-state index in [0.29, 0.717) is 18.3 Å². The fourth-order valence-corrected chi connectivity index (χ4v) is 5.07. The van der Waals surface area contributed by atoms with Crippen LogP contribution in [0, 0.1) is 6.92 Å².